The Balaban J connectivity index is 1.61. The molecule has 5 nitrogen and oxygen atoms in total. The summed E-state index contributed by atoms with van der Waals surface area (Å²) in [5.41, 5.74) is 4.61. The van der Waals surface area contributed by atoms with Gasteiger partial charge >= 0.3 is 0 Å². The smallest absolute Gasteiger partial charge is 0.241 e. The molecule has 0 spiro atoms. The molecule has 1 unspecified atom stereocenters. The third kappa shape index (κ3) is 6.50. The molecule has 0 saturated heterocycles. The van der Waals surface area contributed by atoms with Gasteiger partial charge in [0.2, 0.25) is 5.91 Å². The first-order valence-electron chi connectivity index (χ1n) is 10.1. The lowest BCUT2D eigenvalue weighted by molar-refractivity contribution is -0.123. The molecule has 2 N–H and O–H groups in total. The second-order valence-electron chi connectivity index (χ2n) is 6.98. The zero-order chi connectivity index (χ0) is 20.3. The molecule has 1 amide bonds. The molecule has 3 aromatic rings. The standard InChI is InChI=1S/C24H28N4O/c1-2-19-3-5-22(6-4-19)23(27-17-11-20-7-13-25-14-8-20)24(29)28-18-12-21-9-15-26-16-10-21/h3-10,13-16,23,27H,2,11-12,17-18H2,1H3,(H,28,29). The molecule has 0 fully saturated rings. The number of carbonyl (C=O) groups excluding carboxylic acids is 1. The van der Waals surface area contributed by atoms with E-state index < -0.39 is 0 Å². The molecule has 1 aromatic carbocycles. The average Bonchev–Trinajstić information content (AvgIpc) is 2.78. The van der Waals surface area contributed by atoms with Crippen molar-refractivity contribution < 1.29 is 4.79 Å². The number of benzene rings is 1. The van der Waals surface area contributed by atoms with Crippen LogP contribution in [0.3, 0.4) is 0 Å². The molecule has 3 rings (SSSR count). The van der Waals surface area contributed by atoms with E-state index in [0.29, 0.717) is 13.1 Å². The van der Waals surface area contributed by atoms with Crippen LogP contribution in [0.5, 0.6) is 0 Å². The number of aryl methyl sites for hydroxylation is 1. The number of nitrogens with one attached hydrogen (secondary N) is 2. The number of hydrogen-bond acceptors (Lipinski definition) is 4. The minimum Gasteiger partial charge on any atom is -0.354 e. The van der Waals surface area contributed by atoms with Gasteiger partial charge in [-0.15, -0.1) is 0 Å². The van der Waals surface area contributed by atoms with Gasteiger partial charge in [-0.3, -0.25) is 14.8 Å². The Morgan fingerprint density at radius 1 is 0.793 bits per heavy atom. The van der Waals surface area contributed by atoms with Crippen molar-refractivity contribution in [2.75, 3.05) is 13.1 Å². The monoisotopic (exact) mass is 388 g/mol. The molecule has 0 bridgehead atoms. The highest BCUT2D eigenvalue weighted by molar-refractivity contribution is 5.83. The molecule has 1 atom stereocenters. The largest absolute Gasteiger partial charge is 0.354 e. The minimum atomic E-state index is -0.375. The highest BCUT2D eigenvalue weighted by Crippen LogP contribution is 2.15. The third-order valence-electron chi connectivity index (χ3n) is 4.96. The quantitative estimate of drug-likeness (QED) is 0.559. The van der Waals surface area contributed by atoms with Crippen molar-refractivity contribution in [2.45, 2.75) is 32.2 Å². The van der Waals surface area contributed by atoms with Crippen LogP contribution in [-0.2, 0) is 24.1 Å². The van der Waals surface area contributed by atoms with Crippen LogP contribution in [0.25, 0.3) is 0 Å². The molecule has 150 valence electrons. The van der Waals surface area contributed by atoms with Gasteiger partial charge < -0.3 is 10.6 Å². The normalized spacial score (nSPS) is 11.8. The van der Waals surface area contributed by atoms with E-state index in [1.807, 2.05) is 36.4 Å². The zero-order valence-corrected chi connectivity index (χ0v) is 16.8. The second-order valence-corrected chi connectivity index (χ2v) is 6.98. The number of carbonyl (C=O) groups is 1. The fourth-order valence-corrected chi connectivity index (χ4v) is 3.20. The molecule has 0 saturated carbocycles. The topological polar surface area (TPSA) is 66.9 Å². The summed E-state index contributed by atoms with van der Waals surface area (Å²) in [5.74, 6) is -0.00182. The van der Waals surface area contributed by atoms with Gasteiger partial charge in [0.1, 0.15) is 6.04 Å². The number of amides is 1. The van der Waals surface area contributed by atoms with Crippen LogP contribution in [0.1, 0.15) is 35.2 Å². The van der Waals surface area contributed by atoms with E-state index in [1.54, 1.807) is 24.8 Å². The van der Waals surface area contributed by atoms with E-state index in [9.17, 15) is 4.79 Å². The van der Waals surface area contributed by atoms with Crippen molar-refractivity contribution >= 4 is 5.91 Å². The van der Waals surface area contributed by atoms with Gasteiger partial charge in [-0.05, 0) is 65.8 Å². The summed E-state index contributed by atoms with van der Waals surface area (Å²) in [4.78, 5) is 21.0. The van der Waals surface area contributed by atoms with Crippen molar-refractivity contribution in [1.82, 2.24) is 20.6 Å². The van der Waals surface area contributed by atoms with Crippen LogP contribution in [0.2, 0.25) is 0 Å². The van der Waals surface area contributed by atoms with Gasteiger partial charge in [0.05, 0.1) is 0 Å². The van der Waals surface area contributed by atoms with E-state index in [1.165, 1.54) is 11.1 Å². The van der Waals surface area contributed by atoms with Crippen molar-refractivity contribution in [3.8, 4) is 0 Å². The lowest BCUT2D eigenvalue weighted by atomic mass is 10.0. The summed E-state index contributed by atoms with van der Waals surface area (Å²) in [6, 6.07) is 15.9. The molecule has 0 radical (unpaired) electrons. The van der Waals surface area contributed by atoms with Crippen LogP contribution < -0.4 is 10.6 Å². The van der Waals surface area contributed by atoms with Crippen LogP contribution >= 0.6 is 0 Å². The number of rotatable bonds is 10. The lowest BCUT2D eigenvalue weighted by Gasteiger charge is -2.19. The first-order valence-corrected chi connectivity index (χ1v) is 10.1. The van der Waals surface area contributed by atoms with Crippen LogP contribution in [0.4, 0.5) is 0 Å². The van der Waals surface area contributed by atoms with E-state index >= 15 is 0 Å². The summed E-state index contributed by atoms with van der Waals surface area (Å²) >= 11 is 0. The zero-order valence-electron chi connectivity index (χ0n) is 16.8. The second kappa shape index (κ2) is 11.1. The van der Waals surface area contributed by atoms with E-state index in [2.05, 4.69) is 39.7 Å². The highest BCUT2D eigenvalue weighted by atomic mass is 16.2. The Bertz CT molecular complexity index is 866. The summed E-state index contributed by atoms with van der Waals surface area (Å²) in [6.45, 7) is 3.44. The molecule has 5 heteroatoms. The Morgan fingerprint density at radius 2 is 1.34 bits per heavy atom. The summed E-state index contributed by atoms with van der Waals surface area (Å²) in [7, 11) is 0. The fourth-order valence-electron chi connectivity index (χ4n) is 3.20. The summed E-state index contributed by atoms with van der Waals surface area (Å²) in [5, 5.41) is 6.50. The summed E-state index contributed by atoms with van der Waals surface area (Å²) in [6.07, 6.45) is 9.75. The van der Waals surface area contributed by atoms with Crippen LogP contribution in [0, 0.1) is 0 Å². The van der Waals surface area contributed by atoms with Gasteiger partial charge in [0.25, 0.3) is 0 Å². The maximum atomic E-state index is 12.9. The fraction of sp³-hybridized carbons (Fsp3) is 0.292. The van der Waals surface area contributed by atoms with Gasteiger partial charge in [0, 0.05) is 37.9 Å². The van der Waals surface area contributed by atoms with Crippen molar-refractivity contribution in [3.05, 3.63) is 95.6 Å². The molecule has 0 aliphatic rings. The molecular formula is C24H28N4O. The van der Waals surface area contributed by atoms with Gasteiger partial charge in [-0.1, -0.05) is 31.2 Å². The SMILES string of the molecule is CCc1ccc(C(NCCc2ccncc2)C(=O)NCCc2ccncc2)cc1. The van der Waals surface area contributed by atoms with Crippen molar-refractivity contribution in [3.63, 3.8) is 0 Å². The van der Waals surface area contributed by atoms with Crippen LogP contribution in [-0.4, -0.2) is 29.0 Å². The van der Waals surface area contributed by atoms with E-state index in [4.69, 9.17) is 0 Å². The number of nitrogens with zero attached hydrogens (tertiary/aromatic N) is 2. The predicted molar refractivity (Wildman–Crippen MR) is 115 cm³/mol. The van der Waals surface area contributed by atoms with Gasteiger partial charge in [-0.25, -0.2) is 0 Å². The molecule has 0 aliphatic heterocycles. The maximum absolute atomic E-state index is 12.9. The molecule has 0 aliphatic carbocycles. The lowest BCUT2D eigenvalue weighted by Crippen LogP contribution is -2.39. The van der Waals surface area contributed by atoms with Crippen molar-refractivity contribution in [1.29, 1.82) is 0 Å². The van der Waals surface area contributed by atoms with Gasteiger partial charge in [0.15, 0.2) is 0 Å². The molecule has 2 aromatic heterocycles. The maximum Gasteiger partial charge on any atom is 0.241 e. The Kier molecular flexibility index (Phi) is 7.90. The molecule has 2 heterocycles. The van der Waals surface area contributed by atoms with Gasteiger partial charge in [-0.2, -0.15) is 0 Å². The Morgan fingerprint density at radius 3 is 1.90 bits per heavy atom. The van der Waals surface area contributed by atoms with E-state index in [0.717, 1.165) is 30.4 Å². The third-order valence-corrected chi connectivity index (χ3v) is 4.96. The molecular weight excluding hydrogens is 360 g/mol. The van der Waals surface area contributed by atoms with Crippen LogP contribution in [0.15, 0.2) is 73.3 Å². The van der Waals surface area contributed by atoms with Crippen molar-refractivity contribution in [2.24, 2.45) is 0 Å². The number of hydrogen-bond donors (Lipinski definition) is 2. The molecule has 29 heavy (non-hydrogen) atoms. The Hall–Kier alpha value is -3.05. The number of pyridine rings is 2. The first kappa shape index (κ1) is 20.7. The number of aromatic nitrogens is 2. The average molecular weight is 389 g/mol. The predicted octanol–water partition coefficient (Wildman–Crippen LogP) is 3.27. The minimum absolute atomic E-state index is 0.00182. The Labute approximate surface area is 172 Å². The first-order chi connectivity index (χ1) is 14.3. The summed E-state index contributed by atoms with van der Waals surface area (Å²) < 4.78 is 0. The highest BCUT2D eigenvalue weighted by Gasteiger charge is 2.19. The van der Waals surface area contributed by atoms with E-state index in [-0.39, 0.29) is 11.9 Å².